The van der Waals surface area contributed by atoms with Gasteiger partial charge in [-0.25, -0.2) is 0 Å². The van der Waals surface area contributed by atoms with Crippen LogP contribution >= 0.6 is 0 Å². The minimum absolute atomic E-state index is 0.953. The van der Waals surface area contributed by atoms with Crippen LogP contribution in [0.2, 0.25) is 0 Å². The summed E-state index contributed by atoms with van der Waals surface area (Å²) < 4.78 is 2.07. The Hall–Kier alpha value is -1.05. The van der Waals surface area contributed by atoms with Gasteiger partial charge in [0.1, 0.15) is 0 Å². The summed E-state index contributed by atoms with van der Waals surface area (Å²) in [7, 11) is 0. The quantitative estimate of drug-likeness (QED) is 0.633. The summed E-state index contributed by atoms with van der Waals surface area (Å²) in [6, 6.07) is 2.12. The van der Waals surface area contributed by atoms with Crippen molar-refractivity contribution in [3.05, 3.63) is 29.1 Å². The number of hydrogen-bond donors (Lipinski definition) is 0. The molecule has 13 heavy (non-hydrogen) atoms. The topological polar surface area (TPSA) is 17.8 Å². The first-order valence-electron chi connectivity index (χ1n) is 4.94. The van der Waals surface area contributed by atoms with E-state index in [2.05, 4.69) is 28.8 Å². The number of allylic oxidation sites excluding steroid dienone is 2. The van der Waals surface area contributed by atoms with Crippen molar-refractivity contribution in [3.8, 4) is 0 Å². The molecule has 70 valence electrons. The molecule has 0 spiro atoms. The molecular weight excluding hydrogens is 160 g/mol. The predicted molar refractivity (Wildman–Crippen MR) is 53.6 cm³/mol. The first-order valence-corrected chi connectivity index (χ1v) is 4.94. The van der Waals surface area contributed by atoms with Crippen molar-refractivity contribution >= 4 is 0 Å². The van der Waals surface area contributed by atoms with Crippen molar-refractivity contribution in [3.63, 3.8) is 0 Å². The van der Waals surface area contributed by atoms with Crippen molar-refractivity contribution in [2.24, 2.45) is 0 Å². The van der Waals surface area contributed by atoms with Crippen LogP contribution in [0.1, 0.15) is 30.7 Å². The molecule has 2 nitrogen and oxygen atoms in total. The van der Waals surface area contributed by atoms with Crippen molar-refractivity contribution in [1.82, 2.24) is 9.78 Å². The maximum atomic E-state index is 4.41. The van der Waals surface area contributed by atoms with Gasteiger partial charge in [-0.2, -0.15) is 5.10 Å². The van der Waals surface area contributed by atoms with Crippen LogP contribution in [0.25, 0.3) is 0 Å². The molecule has 0 amide bonds. The van der Waals surface area contributed by atoms with E-state index in [9.17, 15) is 0 Å². The third kappa shape index (κ3) is 1.82. The second-order valence-corrected chi connectivity index (χ2v) is 3.83. The lowest BCUT2D eigenvalue weighted by molar-refractivity contribution is 0.624. The molecule has 1 aliphatic carbocycles. The zero-order valence-electron chi connectivity index (χ0n) is 8.38. The number of nitrogens with zero attached hydrogens (tertiary/aromatic N) is 2. The molecule has 1 fully saturated rings. The maximum absolute atomic E-state index is 4.41. The normalized spacial score (nSPS) is 15.7. The summed E-state index contributed by atoms with van der Waals surface area (Å²) in [4.78, 5) is 0. The molecule has 1 aromatic rings. The average molecular weight is 176 g/mol. The van der Waals surface area contributed by atoms with E-state index < -0.39 is 0 Å². The van der Waals surface area contributed by atoms with Crippen molar-refractivity contribution < 1.29 is 0 Å². The van der Waals surface area contributed by atoms with Gasteiger partial charge in [-0.15, -0.1) is 0 Å². The van der Waals surface area contributed by atoms with Gasteiger partial charge < -0.3 is 0 Å². The lowest BCUT2D eigenvalue weighted by atomic mass is 9.92. The molecule has 0 aliphatic heterocycles. The van der Waals surface area contributed by atoms with Crippen LogP contribution in [0.15, 0.2) is 17.7 Å². The highest BCUT2D eigenvalue weighted by molar-refractivity contribution is 5.11. The van der Waals surface area contributed by atoms with Crippen LogP contribution in [-0.2, 0) is 6.54 Å². The molecule has 2 rings (SSSR count). The Kier molecular flexibility index (Phi) is 2.21. The molecule has 1 aromatic heterocycles. The van der Waals surface area contributed by atoms with E-state index in [1.54, 1.807) is 5.57 Å². The Morgan fingerprint density at radius 3 is 2.69 bits per heavy atom. The molecule has 1 aliphatic rings. The number of hydrogen-bond acceptors (Lipinski definition) is 1. The number of aryl methyl sites for hydroxylation is 2. The van der Waals surface area contributed by atoms with Gasteiger partial charge in [0, 0.05) is 5.69 Å². The third-order valence-electron chi connectivity index (χ3n) is 2.65. The Morgan fingerprint density at radius 2 is 2.23 bits per heavy atom. The molecule has 0 N–H and O–H groups in total. The fraction of sp³-hybridized carbons (Fsp3) is 0.545. The van der Waals surface area contributed by atoms with Crippen molar-refractivity contribution in [2.75, 3.05) is 0 Å². The summed E-state index contributed by atoms with van der Waals surface area (Å²) >= 11 is 0. The van der Waals surface area contributed by atoms with Crippen LogP contribution < -0.4 is 0 Å². The maximum Gasteiger partial charge on any atom is 0.0596 e. The van der Waals surface area contributed by atoms with E-state index in [0.29, 0.717) is 0 Å². The summed E-state index contributed by atoms with van der Waals surface area (Å²) in [6.07, 6.45) is 6.31. The first-order chi connectivity index (χ1) is 6.25. The SMILES string of the molecule is Cc1cc(C)n(CC=C2CCC2)n1. The third-order valence-corrected chi connectivity index (χ3v) is 2.65. The molecule has 0 bridgehead atoms. The Labute approximate surface area is 79.3 Å². The van der Waals surface area contributed by atoms with Gasteiger partial charge in [-0.1, -0.05) is 11.6 Å². The molecule has 0 aromatic carbocycles. The second kappa shape index (κ2) is 3.36. The van der Waals surface area contributed by atoms with E-state index in [-0.39, 0.29) is 0 Å². The minimum atomic E-state index is 0.953. The van der Waals surface area contributed by atoms with E-state index in [0.717, 1.165) is 12.2 Å². The van der Waals surface area contributed by atoms with Gasteiger partial charge in [-0.3, -0.25) is 4.68 Å². The predicted octanol–water partition coefficient (Wildman–Crippen LogP) is 2.61. The fourth-order valence-corrected chi connectivity index (χ4v) is 1.66. The molecule has 0 unspecified atom stereocenters. The van der Waals surface area contributed by atoms with Gasteiger partial charge in [0.05, 0.1) is 12.2 Å². The highest BCUT2D eigenvalue weighted by Gasteiger charge is 2.07. The fourth-order valence-electron chi connectivity index (χ4n) is 1.66. The zero-order chi connectivity index (χ0) is 9.26. The van der Waals surface area contributed by atoms with E-state index in [4.69, 9.17) is 0 Å². The van der Waals surface area contributed by atoms with E-state index in [1.165, 1.54) is 25.0 Å². The van der Waals surface area contributed by atoms with Crippen molar-refractivity contribution in [1.29, 1.82) is 0 Å². The minimum Gasteiger partial charge on any atom is -0.266 e. The largest absolute Gasteiger partial charge is 0.266 e. The zero-order valence-corrected chi connectivity index (χ0v) is 8.38. The monoisotopic (exact) mass is 176 g/mol. The standard InChI is InChI=1S/C11H16N2/c1-9-8-10(2)13(12-9)7-6-11-4-3-5-11/h6,8H,3-5,7H2,1-2H3. The van der Waals surface area contributed by atoms with Crippen molar-refractivity contribution in [2.45, 2.75) is 39.7 Å². The second-order valence-electron chi connectivity index (χ2n) is 3.83. The molecule has 1 saturated carbocycles. The highest BCUT2D eigenvalue weighted by Crippen LogP contribution is 2.25. The summed E-state index contributed by atoms with van der Waals surface area (Å²) in [5.74, 6) is 0. The molecule has 1 heterocycles. The summed E-state index contributed by atoms with van der Waals surface area (Å²) in [6.45, 7) is 5.11. The number of rotatable bonds is 2. The van der Waals surface area contributed by atoms with Crippen LogP contribution in [0.5, 0.6) is 0 Å². The lowest BCUT2D eigenvalue weighted by Gasteiger charge is -2.15. The average Bonchev–Trinajstić information content (AvgIpc) is 2.27. The summed E-state index contributed by atoms with van der Waals surface area (Å²) in [5, 5.41) is 4.41. The smallest absolute Gasteiger partial charge is 0.0596 e. The van der Waals surface area contributed by atoms with Gasteiger partial charge >= 0.3 is 0 Å². The van der Waals surface area contributed by atoms with E-state index >= 15 is 0 Å². The Morgan fingerprint density at radius 1 is 1.46 bits per heavy atom. The van der Waals surface area contributed by atoms with Crippen LogP contribution in [-0.4, -0.2) is 9.78 Å². The van der Waals surface area contributed by atoms with Crippen LogP contribution in [0, 0.1) is 13.8 Å². The van der Waals surface area contributed by atoms with Gasteiger partial charge in [0.15, 0.2) is 0 Å². The molecule has 0 saturated heterocycles. The van der Waals surface area contributed by atoms with Gasteiger partial charge in [-0.05, 0) is 39.2 Å². The summed E-state index contributed by atoms with van der Waals surface area (Å²) in [5.41, 5.74) is 3.98. The highest BCUT2D eigenvalue weighted by atomic mass is 15.3. The molecule has 2 heteroatoms. The van der Waals surface area contributed by atoms with Gasteiger partial charge in [0.25, 0.3) is 0 Å². The Bertz CT molecular complexity index is 328. The molecule has 0 radical (unpaired) electrons. The Balaban J connectivity index is 2.04. The molecule has 0 atom stereocenters. The lowest BCUT2D eigenvalue weighted by Crippen LogP contribution is -2.03. The number of aromatic nitrogens is 2. The van der Waals surface area contributed by atoms with E-state index in [1.807, 2.05) is 6.92 Å². The van der Waals surface area contributed by atoms with Crippen LogP contribution in [0.4, 0.5) is 0 Å². The van der Waals surface area contributed by atoms with Gasteiger partial charge in [0.2, 0.25) is 0 Å². The first kappa shape index (κ1) is 8.54. The molecular formula is C11H16N2. The van der Waals surface area contributed by atoms with Crippen LogP contribution in [0.3, 0.4) is 0 Å².